The standard InChI is InChI=1S/C12H15F4NO/c1-18-10-4-2-3-8(11(10)13)7-9(17)5-6-12(14,15)16/h2-4,9H,5-7,17H2,1H3. The number of halogens is 4. The molecule has 1 aromatic rings. The fourth-order valence-electron chi connectivity index (χ4n) is 1.61. The van der Waals surface area contributed by atoms with Crippen molar-refractivity contribution in [3.8, 4) is 5.75 Å². The Bertz CT molecular complexity index is 392. The Labute approximate surface area is 103 Å². The van der Waals surface area contributed by atoms with Crippen LogP contribution in [0.5, 0.6) is 5.75 Å². The molecule has 0 spiro atoms. The predicted molar refractivity (Wildman–Crippen MR) is 59.9 cm³/mol. The van der Waals surface area contributed by atoms with Gasteiger partial charge in [-0.15, -0.1) is 0 Å². The van der Waals surface area contributed by atoms with Crippen LogP contribution in [0.25, 0.3) is 0 Å². The summed E-state index contributed by atoms with van der Waals surface area (Å²) >= 11 is 0. The van der Waals surface area contributed by atoms with E-state index in [0.29, 0.717) is 0 Å². The maximum absolute atomic E-state index is 13.7. The van der Waals surface area contributed by atoms with E-state index in [-0.39, 0.29) is 24.2 Å². The van der Waals surface area contributed by atoms with E-state index in [1.165, 1.54) is 19.2 Å². The number of ether oxygens (including phenoxy) is 1. The first-order valence-electron chi connectivity index (χ1n) is 5.47. The smallest absolute Gasteiger partial charge is 0.389 e. The van der Waals surface area contributed by atoms with Crippen LogP contribution in [-0.2, 0) is 6.42 Å². The van der Waals surface area contributed by atoms with E-state index in [9.17, 15) is 17.6 Å². The summed E-state index contributed by atoms with van der Waals surface area (Å²) in [6.45, 7) is 0. The highest BCUT2D eigenvalue weighted by Gasteiger charge is 2.27. The minimum atomic E-state index is -4.23. The van der Waals surface area contributed by atoms with Gasteiger partial charge >= 0.3 is 6.18 Å². The maximum atomic E-state index is 13.7. The molecule has 102 valence electrons. The van der Waals surface area contributed by atoms with Gasteiger partial charge in [0.15, 0.2) is 11.6 Å². The zero-order chi connectivity index (χ0) is 13.8. The van der Waals surface area contributed by atoms with E-state index in [0.717, 1.165) is 0 Å². The fourth-order valence-corrected chi connectivity index (χ4v) is 1.61. The molecule has 0 saturated heterocycles. The lowest BCUT2D eigenvalue weighted by atomic mass is 10.0. The van der Waals surface area contributed by atoms with Gasteiger partial charge in [-0.1, -0.05) is 12.1 Å². The summed E-state index contributed by atoms with van der Waals surface area (Å²) in [5, 5.41) is 0. The number of alkyl halides is 3. The van der Waals surface area contributed by atoms with Crippen molar-refractivity contribution in [1.29, 1.82) is 0 Å². The Morgan fingerprint density at radius 3 is 2.56 bits per heavy atom. The predicted octanol–water partition coefficient (Wildman–Crippen LogP) is 3.05. The van der Waals surface area contributed by atoms with Gasteiger partial charge in [-0.3, -0.25) is 0 Å². The number of rotatable bonds is 5. The third-order valence-electron chi connectivity index (χ3n) is 2.54. The molecule has 18 heavy (non-hydrogen) atoms. The summed E-state index contributed by atoms with van der Waals surface area (Å²) in [4.78, 5) is 0. The van der Waals surface area contributed by atoms with E-state index in [2.05, 4.69) is 0 Å². The summed E-state index contributed by atoms with van der Waals surface area (Å²) in [6.07, 6.45) is -5.36. The Hall–Kier alpha value is -1.30. The van der Waals surface area contributed by atoms with Crippen molar-refractivity contribution in [2.45, 2.75) is 31.5 Å². The van der Waals surface area contributed by atoms with Gasteiger partial charge in [-0.25, -0.2) is 4.39 Å². The Morgan fingerprint density at radius 1 is 1.33 bits per heavy atom. The van der Waals surface area contributed by atoms with Crippen LogP contribution in [0, 0.1) is 5.82 Å². The van der Waals surface area contributed by atoms with Crippen LogP contribution in [0.15, 0.2) is 18.2 Å². The summed E-state index contributed by atoms with van der Waals surface area (Å²) in [5.74, 6) is -0.502. The molecule has 0 radical (unpaired) electrons. The highest BCUT2D eigenvalue weighted by Crippen LogP contribution is 2.24. The molecule has 6 heteroatoms. The number of hydrogen-bond acceptors (Lipinski definition) is 2. The molecular formula is C12H15F4NO. The molecule has 0 bridgehead atoms. The van der Waals surface area contributed by atoms with Crippen molar-refractivity contribution >= 4 is 0 Å². The number of nitrogens with two attached hydrogens (primary N) is 1. The summed E-state index contributed by atoms with van der Waals surface area (Å²) in [6, 6.07) is 3.78. The third-order valence-corrected chi connectivity index (χ3v) is 2.54. The summed E-state index contributed by atoms with van der Waals surface area (Å²) in [7, 11) is 1.33. The monoisotopic (exact) mass is 265 g/mol. The molecule has 0 aliphatic rings. The van der Waals surface area contributed by atoms with Crippen molar-refractivity contribution < 1.29 is 22.3 Å². The van der Waals surface area contributed by atoms with Gasteiger partial charge in [0.05, 0.1) is 7.11 Å². The van der Waals surface area contributed by atoms with E-state index >= 15 is 0 Å². The molecular weight excluding hydrogens is 250 g/mol. The van der Waals surface area contributed by atoms with Crippen molar-refractivity contribution in [3.63, 3.8) is 0 Å². The second-order valence-corrected chi connectivity index (χ2v) is 4.05. The van der Waals surface area contributed by atoms with Crippen molar-refractivity contribution in [3.05, 3.63) is 29.6 Å². The molecule has 1 aromatic carbocycles. The molecule has 0 aliphatic carbocycles. The molecule has 0 aliphatic heterocycles. The zero-order valence-corrected chi connectivity index (χ0v) is 9.93. The quantitative estimate of drug-likeness (QED) is 0.830. The van der Waals surface area contributed by atoms with Gasteiger partial charge in [-0.2, -0.15) is 13.2 Å². The molecule has 2 nitrogen and oxygen atoms in total. The lowest BCUT2D eigenvalue weighted by molar-refractivity contribution is -0.136. The topological polar surface area (TPSA) is 35.2 Å². The van der Waals surface area contributed by atoms with Gasteiger partial charge in [0.25, 0.3) is 0 Å². The first-order chi connectivity index (χ1) is 8.33. The van der Waals surface area contributed by atoms with Crippen LogP contribution >= 0.6 is 0 Å². The normalized spacial score (nSPS) is 13.4. The van der Waals surface area contributed by atoms with E-state index in [4.69, 9.17) is 10.5 Å². The highest BCUT2D eigenvalue weighted by atomic mass is 19.4. The second kappa shape index (κ2) is 6.04. The van der Waals surface area contributed by atoms with Crippen LogP contribution in [0.2, 0.25) is 0 Å². The molecule has 0 saturated carbocycles. The van der Waals surface area contributed by atoms with Crippen LogP contribution in [-0.4, -0.2) is 19.3 Å². The molecule has 1 rings (SSSR count). The summed E-state index contributed by atoms with van der Waals surface area (Å²) in [5.41, 5.74) is 5.83. The average Bonchev–Trinajstić information content (AvgIpc) is 2.28. The lowest BCUT2D eigenvalue weighted by Crippen LogP contribution is -2.25. The molecule has 1 unspecified atom stereocenters. The molecule has 0 amide bonds. The Kier molecular flexibility index (Phi) is 4.95. The van der Waals surface area contributed by atoms with Crippen LogP contribution < -0.4 is 10.5 Å². The molecule has 0 aromatic heterocycles. The fraction of sp³-hybridized carbons (Fsp3) is 0.500. The third kappa shape index (κ3) is 4.52. The largest absolute Gasteiger partial charge is 0.494 e. The van der Waals surface area contributed by atoms with Crippen molar-refractivity contribution in [2.75, 3.05) is 7.11 Å². The Balaban J connectivity index is 2.62. The van der Waals surface area contributed by atoms with E-state index in [1.54, 1.807) is 6.07 Å². The zero-order valence-electron chi connectivity index (χ0n) is 9.93. The SMILES string of the molecule is COc1cccc(CC(N)CCC(F)(F)F)c1F. The number of hydrogen-bond donors (Lipinski definition) is 1. The van der Waals surface area contributed by atoms with Crippen molar-refractivity contribution in [1.82, 2.24) is 0 Å². The van der Waals surface area contributed by atoms with Gasteiger partial charge < -0.3 is 10.5 Å². The van der Waals surface area contributed by atoms with E-state index in [1.807, 2.05) is 0 Å². The molecule has 0 heterocycles. The van der Waals surface area contributed by atoms with Crippen LogP contribution in [0.3, 0.4) is 0 Å². The average molecular weight is 265 g/mol. The van der Waals surface area contributed by atoms with Crippen LogP contribution in [0.4, 0.5) is 17.6 Å². The summed E-state index contributed by atoms with van der Waals surface area (Å²) < 4.78 is 54.5. The van der Waals surface area contributed by atoms with E-state index < -0.39 is 24.5 Å². The minimum absolute atomic E-state index is 0.0547. The van der Waals surface area contributed by atoms with Crippen molar-refractivity contribution in [2.24, 2.45) is 5.73 Å². The minimum Gasteiger partial charge on any atom is -0.494 e. The van der Waals surface area contributed by atoms with Gasteiger partial charge in [-0.05, 0) is 24.5 Å². The second-order valence-electron chi connectivity index (χ2n) is 4.05. The lowest BCUT2D eigenvalue weighted by Gasteiger charge is -2.14. The first kappa shape index (κ1) is 14.8. The number of benzene rings is 1. The van der Waals surface area contributed by atoms with Gasteiger partial charge in [0, 0.05) is 12.5 Å². The number of methoxy groups -OCH3 is 1. The van der Waals surface area contributed by atoms with Crippen LogP contribution in [0.1, 0.15) is 18.4 Å². The molecule has 1 atom stereocenters. The Morgan fingerprint density at radius 2 is 2.00 bits per heavy atom. The highest BCUT2D eigenvalue weighted by molar-refractivity contribution is 5.31. The first-order valence-corrected chi connectivity index (χ1v) is 5.47. The maximum Gasteiger partial charge on any atom is 0.389 e. The van der Waals surface area contributed by atoms with Gasteiger partial charge in [0.1, 0.15) is 0 Å². The van der Waals surface area contributed by atoms with Gasteiger partial charge in [0.2, 0.25) is 0 Å². The molecule has 2 N–H and O–H groups in total. The molecule has 0 fully saturated rings.